The molecule has 0 N–H and O–H groups in total. The van der Waals surface area contributed by atoms with Gasteiger partial charge in [-0.15, -0.1) is 0 Å². The smallest absolute Gasteiger partial charge is 0.0251 e. The summed E-state index contributed by atoms with van der Waals surface area (Å²) in [6, 6.07) is 0. The summed E-state index contributed by atoms with van der Waals surface area (Å²) in [5.74, 6) is 1.34. The zero-order valence-electron chi connectivity index (χ0n) is 5.31. The summed E-state index contributed by atoms with van der Waals surface area (Å²) >= 11 is 2.05. The van der Waals surface area contributed by atoms with Gasteiger partial charge in [-0.1, -0.05) is 12.2 Å². The van der Waals surface area contributed by atoms with Crippen LogP contribution in [0.2, 0.25) is 0 Å². The standard InChI is InChI=1S/C7H12S/c1-6(2)7-4-3-5-8-7/h7H,1,3-5H2,2H3. The van der Waals surface area contributed by atoms with Crippen LogP contribution in [0.25, 0.3) is 0 Å². The van der Waals surface area contributed by atoms with E-state index in [1.54, 1.807) is 0 Å². The molecule has 1 heteroatoms. The number of thioether (sulfide) groups is 1. The predicted molar refractivity (Wildman–Crippen MR) is 40.3 cm³/mol. The van der Waals surface area contributed by atoms with Gasteiger partial charge in [0, 0.05) is 5.25 Å². The van der Waals surface area contributed by atoms with Gasteiger partial charge in [-0.2, -0.15) is 11.8 Å². The van der Waals surface area contributed by atoms with Crippen molar-refractivity contribution in [2.45, 2.75) is 25.0 Å². The van der Waals surface area contributed by atoms with Crippen molar-refractivity contribution in [3.05, 3.63) is 12.2 Å². The maximum absolute atomic E-state index is 3.92. The van der Waals surface area contributed by atoms with E-state index in [9.17, 15) is 0 Å². The van der Waals surface area contributed by atoms with E-state index in [0.717, 1.165) is 5.25 Å². The van der Waals surface area contributed by atoms with Crippen molar-refractivity contribution in [2.24, 2.45) is 0 Å². The van der Waals surface area contributed by atoms with Gasteiger partial charge in [0.15, 0.2) is 0 Å². The molecule has 0 nitrogen and oxygen atoms in total. The summed E-state index contributed by atoms with van der Waals surface area (Å²) in [7, 11) is 0. The van der Waals surface area contributed by atoms with Crippen molar-refractivity contribution in [3.63, 3.8) is 0 Å². The van der Waals surface area contributed by atoms with Gasteiger partial charge in [-0.05, 0) is 25.5 Å². The molecule has 1 saturated heterocycles. The molecule has 1 aliphatic rings. The monoisotopic (exact) mass is 128 g/mol. The van der Waals surface area contributed by atoms with Crippen molar-refractivity contribution in [2.75, 3.05) is 5.75 Å². The van der Waals surface area contributed by atoms with Gasteiger partial charge in [0.1, 0.15) is 0 Å². The quantitative estimate of drug-likeness (QED) is 0.489. The van der Waals surface area contributed by atoms with Crippen molar-refractivity contribution in [1.29, 1.82) is 0 Å². The van der Waals surface area contributed by atoms with Gasteiger partial charge in [-0.25, -0.2) is 0 Å². The molecule has 0 aromatic carbocycles. The van der Waals surface area contributed by atoms with Crippen molar-refractivity contribution in [3.8, 4) is 0 Å². The summed E-state index contributed by atoms with van der Waals surface area (Å²) < 4.78 is 0. The first-order chi connectivity index (χ1) is 3.80. The number of hydrogen-bond acceptors (Lipinski definition) is 1. The van der Waals surface area contributed by atoms with E-state index in [0.29, 0.717) is 0 Å². The molecule has 1 aliphatic heterocycles. The molecular formula is C7H12S. The normalized spacial score (nSPS) is 28.4. The van der Waals surface area contributed by atoms with Crippen molar-refractivity contribution < 1.29 is 0 Å². The summed E-state index contributed by atoms with van der Waals surface area (Å²) in [6.45, 7) is 6.04. The van der Waals surface area contributed by atoms with E-state index >= 15 is 0 Å². The summed E-state index contributed by atoms with van der Waals surface area (Å²) in [5.41, 5.74) is 1.35. The highest BCUT2D eigenvalue weighted by atomic mass is 32.2. The first kappa shape index (κ1) is 6.21. The van der Waals surface area contributed by atoms with E-state index < -0.39 is 0 Å². The second-order valence-electron chi connectivity index (χ2n) is 2.35. The minimum Gasteiger partial charge on any atom is -0.154 e. The Morgan fingerprint density at radius 2 is 2.50 bits per heavy atom. The average Bonchev–Trinajstić information content (AvgIpc) is 2.12. The maximum Gasteiger partial charge on any atom is 0.0251 e. The van der Waals surface area contributed by atoms with Gasteiger partial charge < -0.3 is 0 Å². The molecule has 0 saturated carbocycles. The fourth-order valence-electron chi connectivity index (χ4n) is 0.966. The predicted octanol–water partition coefficient (Wildman–Crippen LogP) is 2.46. The second kappa shape index (κ2) is 2.58. The highest BCUT2D eigenvalue weighted by molar-refractivity contribution is 8.00. The molecule has 0 aromatic rings. The lowest BCUT2D eigenvalue weighted by atomic mass is 10.1. The molecule has 0 aliphatic carbocycles. The van der Waals surface area contributed by atoms with Crippen molar-refractivity contribution >= 4 is 11.8 Å². The van der Waals surface area contributed by atoms with E-state index in [1.165, 1.54) is 24.2 Å². The molecule has 1 fully saturated rings. The molecule has 0 bridgehead atoms. The molecule has 0 spiro atoms. The Labute approximate surface area is 55.4 Å². The fourth-order valence-corrected chi connectivity index (χ4v) is 2.20. The van der Waals surface area contributed by atoms with E-state index in [4.69, 9.17) is 0 Å². The van der Waals surface area contributed by atoms with Crippen LogP contribution in [0.15, 0.2) is 12.2 Å². The Hall–Kier alpha value is 0.0900. The Balaban J connectivity index is 2.35. The minimum atomic E-state index is 0.787. The zero-order chi connectivity index (χ0) is 5.98. The van der Waals surface area contributed by atoms with E-state index in [1.807, 2.05) is 0 Å². The van der Waals surface area contributed by atoms with Crippen LogP contribution in [-0.2, 0) is 0 Å². The Kier molecular flexibility index (Phi) is 2.01. The summed E-state index contributed by atoms with van der Waals surface area (Å²) in [6.07, 6.45) is 2.75. The van der Waals surface area contributed by atoms with Crippen LogP contribution >= 0.6 is 11.8 Å². The van der Waals surface area contributed by atoms with Crippen LogP contribution < -0.4 is 0 Å². The fraction of sp³-hybridized carbons (Fsp3) is 0.714. The zero-order valence-corrected chi connectivity index (χ0v) is 6.13. The molecule has 0 amide bonds. The lowest BCUT2D eigenvalue weighted by Crippen LogP contribution is -1.94. The first-order valence-electron chi connectivity index (χ1n) is 3.07. The molecule has 1 rings (SSSR count). The summed E-state index contributed by atoms with van der Waals surface area (Å²) in [4.78, 5) is 0. The van der Waals surface area contributed by atoms with Gasteiger partial charge >= 0.3 is 0 Å². The van der Waals surface area contributed by atoms with E-state index in [2.05, 4.69) is 25.3 Å². The lowest BCUT2D eigenvalue weighted by molar-refractivity contribution is 0.854. The third-order valence-corrected chi connectivity index (χ3v) is 3.04. The van der Waals surface area contributed by atoms with Gasteiger partial charge in [0.2, 0.25) is 0 Å². The van der Waals surface area contributed by atoms with Crippen LogP contribution in [0.1, 0.15) is 19.8 Å². The Bertz CT molecular complexity index is 90.6. The largest absolute Gasteiger partial charge is 0.154 e. The highest BCUT2D eigenvalue weighted by Crippen LogP contribution is 2.30. The highest BCUT2D eigenvalue weighted by Gasteiger charge is 2.14. The molecule has 1 unspecified atom stereocenters. The molecule has 8 heavy (non-hydrogen) atoms. The van der Waals surface area contributed by atoms with Gasteiger partial charge in [0.05, 0.1) is 0 Å². The van der Waals surface area contributed by atoms with Crippen LogP contribution in [0.5, 0.6) is 0 Å². The maximum atomic E-state index is 3.92. The van der Waals surface area contributed by atoms with Crippen LogP contribution in [-0.4, -0.2) is 11.0 Å². The van der Waals surface area contributed by atoms with E-state index in [-0.39, 0.29) is 0 Å². The third-order valence-electron chi connectivity index (χ3n) is 1.48. The van der Waals surface area contributed by atoms with Crippen LogP contribution in [0.3, 0.4) is 0 Å². The number of rotatable bonds is 1. The Morgan fingerprint density at radius 3 is 2.75 bits per heavy atom. The second-order valence-corrected chi connectivity index (χ2v) is 3.66. The van der Waals surface area contributed by atoms with Gasteiger partial charge in [0.25, 0.3) is 0 Å². The van der Waals surface area contributed by atoms with Crippen LogP contribution in [0.4, 0.5) is 0 Å². The molecule has 46 valence electrons. The molecule has 1 heterocycles. The number of hydrogen-bond donors (Lipinski definition) is 0. The summed E-state index contributed by atoms with van der Waals surface area (Å²) in [5, 5.41) is 0.787. The molecule has 0 radical (unpaired) electrons. The minimum absolute atomic E-state index is 0.787. The molecule has 1 atom stereocenters. The third kappa shape index (κ3) is 1.28. The lowest BCUT2D eigenvalue weighted by Gasteiger charge is -2.04. The molecule has 0 aromatic heterocycles. The molecular weight excluding hydrogens is 116 g/mol. The first-order valence-corrected chi connectivity index (χ1v) is 4.12. The SMILES string of the molecule is C=C(C)C1CCCS1. The Morgan fingerprint density at radius 1 is 1.75 bits per heavy atom. The van der Waals surface area contributed by atoms with Gasteiger partial charge in [-0.3, -0.25) is 0 Å². The average molecular weight is 128 g/mol. The topological polar surface area (TPSA) is 0 Å². The van der Waals surface area contributed by atoms with Crippen molar-refractivity contribution in [1.82, 2.24) is 0 Å². The van der Waals surface area contributed by atoms with Crippen LogP contribution in [0, 0.1) is 0 Å².